The van der Waals surface area contributed by atoms with Gasteiger partial charge in [0, 0.05) is 0 Å². The lowest BCUT2D eigenvalue weighted by Crippen LogP contribution is -2.24. The molecule has 1 aliphatic heterocycles. The first-order valence-electron chi connectivity index (χ1n) is 3.26. The van der Waals surface area contributed by atoms with Crippen LogP contribution in [-0.4, -0.2) is 35.6 Å². The molecule has 0 spiro atoms. The van der Waals surface area contributed by atoms with Gasteiger partial charge in [-0.15, -0.1) is 0 Å². The number of hydrogen-bond acceptors (Lipinski definition) is 4. The third-order valence-electron chi connectivity index (χ3n) is 1.59. The van der Waals surface area contributed by atoms with E-state index in [4.69, 9.17) is 9.66 Å². The summed E-state index contributed by atoms with van der Waals surface area (Å²) < 4.78 is 33.9. The van der Waals surface area contributed by atoms with Crippen LogP contribution >= 0.6 is 0 Å². The van der Waals surface area contributed by atoms with Gasteiger partial charge in [0.1, 0.15) is 0 Å². The summed E-state index contributed by atoms with van der Waals surface area (Å²) in [5, 5.41) is 8.40. The van der Waals surface area contributed by atoms with Crippen LogP contribution in [0.2, 0.25) is 0 Å². The first kappa shape index (κ1) is 9.43. The Bertz CT molecular complexity index is 280. The molecule has 0 radical (unpaired) electrons. The predicted molar refractivity (Wildman–Crippen MR) is 37.1 cm³/mol. The highest BCUT2D eigenvalue weighted by atomic mass is 32.2. The molecular weight excluding hydrogens is 188 g/mol. The molecule has 70 valence electrons. The molecule has 1 saturated heterocycles. The number of ether oxygens (including phenoxy) is 1. The van der Waals surface area contributed by atoms with Crippen LogP contribution in [0.15, 0.2) is 0 Å². The standard InChI is InChI=1S/C5H8O6S/c6-5(7)3-1-2-4(11-3)12(8,9)10/h3-4H,1-2H2,(H,6,7)(H,8,9,10). The third kappa shape index (κ3) is 1.93. The zero-order valence-electron chi connectivity index (χ0n) is 6.00. The molecule has 2 unspecified atom stereocenters. The van der Waals surface area contributed by atoms with Gasteiger partial charge in [0.25, 0.3) is 10.1 Å². The van der Waals surface area contributed by atoms with E-state index in [-0.39, 0.29) is 12.8 Å². The van der Waals surface area contributed by atoms with Crippen molar-refractivity contribution in [3.8, 4) is 0 Å². The number of carboxylic acid groups (broad SMARTS) is 1. The average Bonchev–Trinajstić information content (AvgIpc) is 2.30. The van der Waals surface area contributed by atoms with Crippen molar-refractivity contribution < 1.29 is 27.6 Å². The van der Waals surface area contributed by atoms with Crippen molar-refractivity contribution in [2.75, 3.05) is 0 Å². The number of rotatable bonds is 2. The maximum Gasteiger partial charge on any atom is 0.332 e. The lowest BCUT2D eigenvalue weighted by molar-refractivity contribution is -0.147. The zero-order valence-corrected chi connectivity index (χ0v) is 6.82. The molecule has 0 aliphatic carbocycles. The average molecular weight is 196 g/mol. The Morgan fingerprint density at radius 1 is 1.42 bits per heavy atom. The summed E-state index contributed by atoms with van der Waals surface area (Å²) >= 11 is 0. The van der Waals surface area contributed by atoms with Crippen molar-refractivity contribution in [3.05, 3.63) is 0 Å². The van der Waals surface area contributed by atoms with Gasteiger partial charge >= 0.3 is 5.97 Å². The monoisotopic (exact) mass is 196 g/mol. The summed E-state index contributed by atoms with van der Waals surface area (Å²) in [5.41, 5.74) is -1.38. The quantitative estimate of drug-likeness (QED) is 0.575. The molecule has 0 aromatic rings. The smallest absolute Gasteiger partial charge is 0.332 e. The van der Waals surface area contributed by atoms with Crippen LogP contribution in [0, 0.1) is 0 Å². The van der Waals surface area contributed by atoms with Crippen molar-refractivity contribution in [2.24, 2.45) is 0 Å². The SMILES string of the molecule is O=C(O)C1CCC(S(=O)(=O)O)O1. The van der Waals surface area contributed by atoms with Gasteiger partial charge in [0.2, 0.25) is 0 Å². The van der Waals surface area contributed by atoms with Crippen LogP contribution in [0.25, 0.3) is 0 Å². The largest absolute Gasteiger partial charge is 0.479 e. The molecule has 1 rings (SSSR count). The van der Waals surface area contributed by atoms with Gasteiger partial charge in [-0.2, -0.15) is 8.42 Å². The molecule has 2 N–H and O–H groups in total. The number of carbonyl (C=O) groups is 1. The minimum absolute atomic E-state index is 0.0236. The molecule has 0 amide bonds. The van der Waals surface area contributed by atoms with Gasteiger partial charge in [0.15, 0.2) is 11.5 Å². The van der Waals surface area contributed by atoms with E-state index in [0.29, 0.717) is 0 Å². The molecule has 0 aromatic carbocycles. The van der Waals surface area contributed by atoms with E-state index in [9.17, 15) is 13.2 Å². The number of carboxylic acids is 1. The van der Waals surface area contributed by atoms with Crippen LogP contribution in [0.5, 0.6) is 0 Å². The van der Waals surface area contributed by atoms with Gasteiger partial charge in [-0.25, -0.2) is 4.79 Å². The summed E-state index contributed by atoms with van der Waals surface area (Å²) in [6.07, 6.45) is -0.979. The van der Waals surface area contributed by atoms with Crippen molar-refractivity contribution in [1.82, 2.24) is 0 Å². The molecule has 0 saturated carbocycles. The molecule has 1 aliphatic rings. The lowest BCUT2D eigenvalue weighted by atomic mass is 10.2. The summed E-state index contributed by atoms with van der Waals surface area (Å²) in [5.74, 6) is -1.21. The minimum Gasteiger partial charge on any atom is -0.479 e. The fraction of sp³-hybridized carbons (Fsp3) is 0.800. The Morgan fingerprint density at radius 3 is 2.25 bits per heavy atom. The summed E-state index contributed by atoms with van der Waals surface area (Å²) in [6.45, 7) is 0. The first-order valence-corrected chi connectivity index (χ1v) is 4.76. The fourth-order valence-corrected chi connectivity index (χ4v) is 1.72. The molecular formula is C5H8O6S. The second-order valence-corrected chi connectivity index (χ2v) is 4.04. The molecule has 12 heavy (non-hydrogen) atoms. The van der Waals surface area contributed by atoms with Crippen LogP contribution in [0.1, 0.15) is 12.8 Å². The van der Waals surface area contributed by atoms with Gasteiger partial charge in [-0.05, 0) is 12.8 Å². The van der Waals surface area contributed by atoms with Gasteiger partial charge in [-0.3, -0.25) is 4.55 Å². The summed E-state index contributed by atoms with van der Waals surface area (Å²) in [6, 6.07) is 0. The molecule has 6 nitrogen and oxygen atoms in total. The zero-order chi connectivity index (χ0) is 9.35. The highest BCUT2D eigenvalue weighted by molar-refractivity contribution is 7.86. The normalized spacial score (nSPS) is 30.4. The van der Waals surface area contributed by atoms with E-state index < -0.39 is 27.6 Å². The Balaban J connectivity index is 2.64. The molecule has 2 atom stereocenters. The maximum atomic E-state index is 10.4. The predicted octanol–water partition coefficient (Wildman–Crippen LogP) is -0.536. The van der Waals surface area contributed by atoms with E-state index in [1.807, 2.05) is 0 Å². The van der Waals surface area contributed by atoms with E-state index in [0.717, 1.165) is 0 Å². The van der Waals surface area contributed by atoms with Crippen molar-refractivity contribution in [2.45, 2.75) is 24.4 Å². The fourth-order valence-electron chi connectivity index (χ4n) is 1.01. The number of aliphatic carboxylic acids is 1. The summed E-state index contributed by atoms with van der Waals surface area (Å²) in [4.78, 5) is 10.3. The molecule has 1 heterocycles. The Kier molecular flexibility index (Phi) is 2.36. The second kappa shape index (κ2) is 3.00. The van der Waals surface area contributed by atoms with Gasteiger partial charge in [0.05, 0.1) is 0 Å². The summed E-state index contributed by atoms with van der Waals surface area (Å²) in [7, 11) is -4.25. The maximum absolute atomic E-state index is 10.4. The second-order valence-electron chi connectivity index (χ2n) is 2.48. The third-order valence-corrected chi connectivity index (χ3v) is 2.60. The highest BCUT2D eigenvalue weighted by Gasteiger charge is 2.37. The Labute approximate surface area is 68.9 Å². The molecule has 7 heteroatoms. The highest BCUT2D eigenvalue weighted by Crippen LogP contribution is 2.22. The van der Waals surface area contributed by atoms with E-state index >= 15 is 0 Å². The van der Waals surface area contributed by atoms with Crippen molar-refractivity contribution in [1.29, 1.82) is 0 Å². The van der Waals surface area contributed by atoms with Crippen LogP contribution in [0.4, 0.5) is 0 Å². The van der Waals surface area contributed by atoms with E-state index in [2.05, 4.69) is 4.74 Å². The topological polar surface area (TPSA) is 101 Å². The van der Waals surface area contributed by atoms with Gasteiger partial charge < -0.3 is 9.84 Å². The molecule has 0 bridgehead atoms. The van der Waals surface area contributed by atoms with Crippen LogP contribution in [-0.2, 0) is 19.6 Å². The Morgan fingerprint density at radius 2 is 2.00 bits per heavy atom. The van der Waals surface area contributed by atoms with Crippen LogP contribution in [0.3, 0.4) is 0 Å². The number of hydrogen-bond donors (Lipinski definition) is 2. The van der Waals surface area contributed by atoms with Gasteiger partial charge in [-0.1, -0.05) is 0 Å². The lowest BCUT2D eigenvalue weighted by Gasteiger charge is -2.06. The van der Waals surface area contributed by atoms with Crippen LogP contribution < -0.4 is 0 Å². The van der Waals surface area contributed by atoms with E-state index in [1.54, 1.807) is 0 Å². The van der Waals surface area contributed by atoms with Crippen molar-refractivity contribution >= 4 is 16.1 Å². The molecule has 0 aromatic heterocycles. The molecule has 1 fully saturated rings. The Hall–Kier alpha value is -0.660. The van der Waals surface area contributed by atoms with Crippen molar-refractivity contribution in [3.63, 3.8) is 0 Å². The minimum atomic E-state index is -4.25. The first-order chi connectivity index (χ1) is 5.41. The van der Waals surface area contributed by atoms with E-state index in [1.165, 1.54) is 0 Å².